The molecule has 0 radical (unpaired) electrons. The van der Waals surface area contributed by atoms with Gasteiger partial charge in [-0.25, -0.2) is 0 Å². The zero-order valence-electron chi connectivity index (χ0n) is 8.14. The summed E-state index contributed by atoms with van der Waals surface area (Å²) in [4.78, 5) is 8.00. The lowest BCUT2D eigenvalue weighted by atomic mass is 10.1. The van der Waals surface area contributed by atoms with Gasteiger partial charge in [-0.05, 0) is 23.8 Å². The Hall–Kier alpha value is -0.780. The van der Waals surface area contributed by atoms with Gasteiger partial charge in [0.25, 0.3) is 0 Å². The number of nitrogens with zero attached hydrogens (tertiary/aromatic N) is 2. The molecule has 2 aromatic rings. The molecular weight excluding hydrogens is 336 g/mol. The maximum Gasteiger partial charge on any atom is 0.123 e. The largest absolute Gasteiger partial charge is 0.382 e. The summed E-state index contributed by atoms with van der Waals surface area (Å²) in [7, 11) is 0. The first kappa shape index (κ1) is 11.7. The molecular formula is C11H8Br2N2O. The van der Waals surface area contributed by atoms with E-state index in [4.69, 9.17) is 0 Å². The van der Waals surface area contributed by atoms with Gasteiger partial charge >= 0.3 is 0 Å². The Morgan fingerprint density at radius 3 is 2.31 bits per heavy atom. The van der Waals surface area contributed by atoms with Crippen LogP contribution in [0.3, 0.4) is 0 Å². The first-order valence-electron chi connectivity index (χ1n) is 4.57. The van der Waals surface area contributed by atoms with Gasteiger partial charge in [0.05, 0.1) is 11.9 Å². The number of aromatic nitrogens is 2. The minimum absolute atomic E-state index is 0.535. The van der Waals surface area contributed by atoms with Gasteiger partial charge in [0.1, 0.15) is 6.10 Å². The summed E-state index contributed by atoms with van der Waals surface area (Å²) in [6.07, 6.45) is 3.93. The highest BCUT2D eigenvalue weighted by Crippen LogP contribution is 2.26. The van der Waals surface area contributed by atoms with E-state index in [2.05, 4.69) is 41.8 Å². The van der Waals surface area contributed by atoms with Crippen LogP contribution in [0.5, 0.6) is 0 Å². The first-order chi connectivity index (χ1) is 7.66. The summed E-state index contributed by atoms with van der Waals surface area (Å²) in [5.74, 6) is 0. The maximum atomic E-state index is 10.1. The normalized spacial score (nSPS) is 12.4. The van der Waals surface area contributed by atoms with Crippen LogP contribution in [0, 0.1) is 0 Å². The standard InChI is InChI=1S/C11H8Br2N2O/c12-8-3-7(4-9(13)5-8)11(16)10-6-14-1-2-15-10/h1-6,11,16H. The van der Waals surface area contributed by atoms with Crippen LogP contribution >= 0.6 is 31.9 Å². The van der Waals surface area contributed by atoms with Crippen molar-refractivity contribution in [2.45, 2.75) is 6.10 Å². The predicted molar refractivity (Wildman–Crippen MR) is 67.9 cm³/mol. The molecule has 1 N–H and O–H groups in total. The minimum Gasteiger partial charge on any atom is -0.382 e. The van der Waals surface area contributed by atoms with Crippen molar-refractivity contribution < 1.29 is 5.11 Å². The Bertz CT molecular complexity index is 470. The lowest BCUT2D eigenvalue weighted by Crippen LogP contribution is -2.02. The number of halogens is 2. The van der Waals surface area contributed by atoms with Crippen LogP contribution in [0.4, 0.5) is 0 Å². The zero-order chi connectivity index (χ0) is 11.5. The molecule has 0 fully saturated rings. The molecule has 2 rings (SSSR count). The predicted octanol–water partition coefficient (Wildman–Crippen LogP) is 3.08. The van der Waals surface area contributed by atoms with Crippen LogP contribution in [-0.2, 0) is 0 Å². The van der Waals surface area contributed by atoms with Crippen LogP contribution in [0.2, 0.25) is 0 Å². The third kappa shape index (κ3) is 2.66. The van der Waals surface area contributed by atoms with Crippen molar-refractivity contribution >= 4 is 31.9 Å². The number of hydrogen-bond donors (Lipinski definition) is 1. The lowest BCUT2D eigenvalue weighted by Gasteiger charge is -2.10. The van der Waals surface area contributed by atoms with Gasteiger partial charge in [0.15, 0.2) is 0 Å². The van der Waals surface area contributed by atoms with Gasteiger partial charge in [0.2, 0.25) is 0 Å². The Morgan fingerprint density at radius 2 is 1.75 bits per heavy atom. The quantitative estimate of drug-likeness (QED) is 0.911. The van der Waals surface area contributed by atoms with Crippen molar-refractivity contribution in [3.05, 3.63) is 57.0 Å². The monoisotopic (exact) mass is 342 g/mol. The topological polar surface area (TPSA) is 46.0 Å². The van der Waals surface area contributed by atoms with Gasteiger partial charge in [-0.1, -0.05) is 31.9 Å². The van der Waals surface area contributed by atoms with Crippen molar-refractivity contribution in [2.75, 3.05) is 0 Å². The van der Waals surface area contributed by atoms with E-state index in [9.17, 15) is 5.11 Å². The smallest absolute Gasteiger partial charge is 0.123 e. The molecule has 0 saturated carbocycles. The number of benzene rings is 1. The van der Waals surface area contributed by atoms with E-state index in [0.717, 1.165) is 14.5 Å². The van der Waals surface area contributed by atoms with Crippen molar-refractivity contribution in [1.82, 2.24) is 9.97 Å². The molecule has 0 aliphatic rings. The summed E-state index contributed by atoms with van der Waals surface area (Å²) in [6.45, 7) is 0. The summed E-state index contributed by atoms with van der Waals surface area (Å²) in [5, 5.41) is 10.1. The van der Waals surface area contributed by atoms with Crippen molar-refractivity contribution in [3.8, 4) is 0 Å². The maximum absolute atomic E-state index is 10.1. The fourth-order valence-corrected chi connectivity index (χ4v) is 2.68. The molecule has 0 bridgehead atoms. The Kier molecular flexibility index (Phi) is 3.68. The average molecular weight is 344 g/mol. The molecule has 1 heterocycles. The average Bonchev–Trinajstić information content (AvgIpc) is 2.28. The van der Waals surface area contributed by atoms with E-state index < -0.39 is 6.10 Å². The summed E-state index contributed by atoms with van der Waals surface area (Å²) in [5.41, 5.74) is 1.30. The lowest BCUT2D eigenvalue weighted by molar-refractivity contribution is 0.214. The summed E-state index contributed by atoms with van der Waals surface area (Å²) < 4.78 is 1.81. The van der Waals surface area contributed by atoms with Crippen molar-refractivity contribution in [1.29, 1.82) is 0 Å². The highest BCUT2D eigenvalue weighted by Gasteiger charge is 2.12. The highest BCUT2D eigenvalue weighted by molar-refractivity contribution is 9.11. The van der Waals surface area contributed by atoms with Gasteiger partial charge < -0.3 is 5.11 Å². The molecule has 0 aliphatic carbocycles. The first-order valence-corrected chi connectivity index (χ1v) is 6.15. The second-order valence-corrected chi connectivity index (χ2v) is 5.07. The Labute approximate surface area is 110 Å². The van der Waals surface area contributed by atoms with E-state index in [1.165, 1.54) is 0 Å². The second-order valence-electron chi connectivity index (χ2n) is 3.24. The molecule has 0 saturated heterocycles. The SMILES string of the molecule is OC(c1cc(Br)cc(Br)c1)c1cnccn1. The molecule has 0 aliphatic heterocycles. The molecule has 1 aromatic carbocycles. The minimum atomic E-state index is -0.762. The molecule has 3 nitrogen and oxygen atoms in total. The Morgan fingerprint density at radius 1 is 1.06 bits per heavy atom. The fourth-order valence-electron chi connectivity index (χ4n) is 1.36. The van der Waals surface area contributed by atoms with Crippen LogP contribution in [0.1, 0.15) is 17.4 Å². The van der Waals surface area contributed by atoms with E-state index in [-0.39, 0.29) is 0 Å². The molecule has 1 aromatic heterocycles. The molecule has 5 heteroatoms. The third-order valence-electron chi connectivity index (χ3n) is 2.06. The summed E-state index contributed by atoms with van der Waals surface area (Å²) >= 11 is 6.75. The van der Waals surface area contributed by atoms with Crippen molar-refractivity contribution in [2.24, 2.45) is 0 Å². The highest BCUT2D eigenvalue weighted by atomic mass is 79.9. The van der Waals surface area contributed by atoms with E-state index in [1.807, 2.05) is 18.2 Å². The van der Waals surface area contributed by atoms with Gasteiger partial charge in [0, 0.05) is 21.3 Å². The van der Waals surface area contributed by atoms with E-state index in [0.29, 0.717) is 5.69 Å². The van der Waals surface area contributed by atoms with Gasteiger partial charge in [-0.3, -0.25) is 9.97 Å². The molecule has 0 amide bonds. The van der Waals surface area contributed by atoms with Crippen LogP contribution in [0.25, 0.3) is 0 Å². The van der Waals surface area contributed by atoms with Crippen LogP contribution in [0.15, 0.2) is 45.7 Å². The van der Waals surface area contributed by atoms with E-state index in [1.54, 1.807) is 18.6 Å². The molecule has 0 spiro atoms. The number of aliphatic hydroxyl groups is 1. The second kappa shape index (κ2) is 5.03. The Balaban J connectivity index is 2.37. The number of aliphatic hydroxyl groups excluding tert-OH is 1. The number of rotatable bonds is 2. The molecule has 16 heavy (non-hydrogen) atoms. The zero-order valence-corrected chi connectivity index (χ0v) is 11.3. The van der Waals surface area contributed by atoms with Crippen molar-refractivity contribution in [3.63, 3.8) is 0 Å². The molecule has 82 valence electrons. The summed E-state index contributed by atoms with van der Waals surface area (Å²) in [6, 6.07) is 5.61. The van der Waals surface area contributed by atoms with Gasteiger partial charge in [-0.2, -0.15) is 0 Å². The number of hydrogen-bond acceptors (Lipinski definition) is 3. The van der Waals surface area contributed by atoms with E-state index >= 15 is 0 Å². The third-order valence-corrected chi connectivity index (χ3v) is 2.98. The van der Waals surface area contributed by atoms with Gasteiger partial charge in [-0.15, -0.1) is 0 Å². The molecule has 1 unspecified atom stereocenters. The van der Waals surface area contributed by atoms with Crippen LogP contribution < -0.4 is 0 Å². The molecule has 1 atom stereocenters. The fraction of sp³-hybridized carbons (Fsp3) is 0.0909. The van der Waals surface area contributed by atoms with Crippen LogP contribution in [-0.4, -0.2) is 15.1 Å².